The van der Waals surface area contributed by atoms with Gasteiger partial charge in [-0.2, -0.15) is 0 Å². The summed E-state index contributed by atoms with van der Waals surface area (Å²) in [5.41, 5.74) is 5.10. The maximum atomic E-state index is 11.3. The van der Waals surface area contributed by atoms with Crippen LogP contribution in [0.3, 0.4) is 0 Å². The van der Waals surface area contributed by atoms with Gasteiger partial charge < -0.3 is 16.4 Å². The predicted molar refractivity (Wildman–Crippen MR) is 63.7 cm³/mol. The molecule has 0 saturated heterocycles. The van der Waals surface area contributed by atoms with Gasteiger partial charge in [0.05, 0.1) is 0 Å². The highest BCUT2D eigenvalue weighted by Crippen LogP contribution is 1.91. The number of amides is 2. The molecule has 0 fully saturated rings. The topological polar surface area (TPSA) is 84.2 Å². The average Bonchev–Trinajstić information content (AvgIpc) is 2.23. The van der Waals surface area contributed by atoms with Crippen molar-refractivity contribution in [3.63, 3.8) is 0 Å². The molecule has 2 unspecified atom stereocenters. The van der Waals surface area contributed by atoms with E-state index in [9.17, 15) is 9.59 Å². The van der Waals surface area contributed by atoms with Gasteiger partial charge in [-0.25, -0.2) is 0 Å². The molecule has 0 rings (SSSR count). The van der Waals surface area contributed by atoms with Gasteiger partial charge in [-0.1, -0.05) is 13.8 Å². The van der Waals surface area contributed by atoms with Crippen molar-refractivity contribution in [2.24, 2.45) is 11.7 Å². The molecule has 0 heterocycles. The summed E-state index contributed by atoms with van der Waals surface area (Å²) in [5.74, 6) is -0.484. The van der Waals surface area contributed by atoms with Crippen molar-refractivity contribution in [3.05, 3.63) is 0 Å². The predicted octanol–water partition coefficient (Wildman–Crippen LogP) is 0.00220. The molecule has 0 spiro atoms. The van der Waals surface area contributed by atoms with Crippen LogP contribution in [0.2, 0.25) is 0 Å². The Hall–Kier alpha value is -1.10. The molecule has 0 aliphatic rings. The van der Waals surface area contributed by atoms with E-state index in [1.165, 1.54) is 0 Å². The molecule has 2 amide bonds. The third kappa shape index (κ3) is 7.23. The number of carbonyl (C=O) groups is 2. The molecular formula is C11H23N3O2. The van der Waals surface area contributed by atoms with Gasteiger partial charge in [-0.15, -0.1) is 0 Å². The average molecular weight is 229 g/mol. The molecule has 0 radical (unpaired) electrons. The molecule has 0 aliphatic carbocycles. The van der Waals surface area contributed by atoms with Crippen molar-refractivity contribution in [2.45, 2.75) is 39.7 Å². The molecule has 2 atom stereocenters. The van der Waals surface area contributed by atoms with Crippen molar-refractivity contribution in [1.29, 1.82) is 0 Å². The number of nitrogens with one attached hydrogen (secondary N) is 2. The Bertz CT molecular complexity index is 231. The Morgan fingerprint density at radius 3 is 2.44 bits per heavy atom. The number of hydrogen-bond acceptors (Lipinski definition) is 3. The minimum atomic E-state index is -0.323. The molecule has 4 N–H and O–H groups in total. The molecule has 0 bridgehead atoms. The minimum Gasteiger partial charge on any atom is -0.369 e. The van der Waals surface area contributed by atoms with E-state index in [4.69, 9.17) is 5.73 Å². The summed E-state index contributed by atoms with van der Waals surface area (Å²) < 4.78 is 0. The number of nitrogens with two attached hydrogens (primary N) is 1. The van der Waals surface area contributed by atoms with E-state index < -0.39 is 0 Å². The monoisotopic (exact) mass is 229 g/mol. The van der Waals surface area contributed by atoms with E-state index in [-0.39, 0.29) is 23.8 Å². The molecule has 94 valence electrons. The highest BCUT2D eigenvalue weighted by atomic mass is 16.2. The van der Waals surface area contributed by atoms with Crippen LogP contribution >= 0.6 is 0 Å². The Morgan fingerprint density at radius 2 is 1.94 bits per heavy atom. The lowest BCUT2D eigenvalue weighted by Crippen LogP contribution is -2.36. The number of rotatable bonds is 8. The summed E-state index contributed by atoms with van der Waals surface area (Å²) in [5, 5.41) is 5.90. The second kappa shape index (κ2) is 8.10. The first-order valence-electron chi connectivity index (χ1n) is 5.76. The van der Waals surface area contributed by atoms with Crippen molar-refractivity contribution >= 4 is 11.8 Å². The molecular weight excluding hydrogens is 206 g/mol. The zero-order chi connectivity index (χ0) is 12.6. The fourth-order valence-corrected chi connectivity index (χ4v) is 1.07. The maximum Gasteiger partial charge on any atom is 0.221 e. The van der Waals surface area contributed by atoms with E-state index in [1.807, 2.05) is 13.8 Å². The van der Waals surface area contributed by atoms with Crippen LogP contribution in [-0.2, 0) is 9.59 Å². The largest absolute Gasteiger partial charge is 0.369 e. The maximum absolute atomic E-state index is 11.3. The fraction of sp³-hybridized carbons (Fsp3) is 0.818. The van der Waals surface area contributed by atoms with Gasteiger partial charge in [0.25, 0.3) is 0 Å². The zero-order valence-corrected chi connectivity index (χ0v) is 10.4. The Balaban J connectivity index is 3.52. The first-order valence-corrected chi connectivity index (χ1v) is 5.76. The van der Waals surface area contributed by atoms with Gasteiger partial charge in [0.1, 0.15) is 0 Å². The van der Waals surface area contributed by atoms with Gasteiger partial charge in [-0.05, 0) is 13.3 Å². The lowest BCUT2D eigenvalue weighted by Gasteiger charge is -2.12. The fourth-order valence-electron chi connectivity index (χ4n) is 1.07. The summed E-state index contributed by atoms with van der Waals surface area (Å²) in [6.07, 6.45) is 1.35. The summed E-state index contributed by atoms with van der Waals surface area (Å²) in [6, 6.07) is 0.219. The summed E-state index contributed by atoms with van der Waals surface area (Å²) >= 11 is 0. The third-order valence-corrected chi connectivity index (χ3v) is 2.48. The van der Waals surface area contributed by atoms with Crippen molar-refractivity contribution < 1.29 is 9.59 Å². The van der Waals surface area contributed by atoms with E-state index in [0.29, 0.717) is 19.5 Å². The smallest absolute Gasteiger partial charge is 0.221 e. The molecule has 0 aromatic heterocycles. The van der Waals surface area contributed by atoms with Gasteiger partial charge in [0, 0.05) is 31.5 Å². The van der Waals surface area contributed by atoms with Crippen LogP contribution in [0.4, 0.5) is 0 Å². The van der Waals surface area contributed by atoms with Crippen LogP contribution < -0.4 is 16.4 Å². The summed E-state index contributed by atoms with van der Waals surface area (Å²) in [7, 11) is 0. The Kier molecular flexibility index (Phi) is 7.54. The van der Waals surface area contributed by atoms with Crippen LogP contribution in [0.5, 0.6) is 0 Å². The molecule has 0 aromatic rings. The van der Waals surface area contributed by atoms with E-state index in [1.54, 1.807) is 6.92 Å². The minimum absolute atomic E-state index is 0.0357. The van der Waals surface area contributed by atoms with Gasteiger partial charge in [0.2, 0.25) is 11.8 Å². The second-order valence-electron chi connectivity index (χ2n) is 4.13. The normalized spacial score (nSPS) is 14.2. The first-order chi connectivity index (χ1) is 7.47. The number of hydrogen-bond donors (Lipinski definition) is 3. The SMILES string of the molecule is CCC(C)NC(=O)CCNCC(C)C(N)=O. The number of primary amides is 1. The quantitative estimate of drug-likeness (QED) is 0.512. The Morgan fingerprint density at radius 1 is 1.31 bits per heavy atom. The zero-order valence-electron chi connectivity index (χ0n) is 10.4. The molecule has 0 aromatic carbocycles. The highest BCUT2D eigenvalue weighted by molar-refractivity contribution is 5.77. The lowest BCUT2D eigenvalue weighted by molar-refractivity contribution is -0.121. The Labute approximate surface area is 97.2 Å². The molecule has 5 heteroatoms. The van der Waals surface area contributed by atoms with Crippen LogP contribution in [0, 0.1) is 5.92 Å². The highest BCUT2D eigenvalue weighted by Gasteiger charge is 2.08. The molecule has 5 nitrogen and oxygen atoms in total. The summed E-state index contributed by atoms with van der Waals surface area (Å²) in [6.45, 7) is 6.85. The van der Waals surface area contributed by atoms with Crippen LogP contribution in [-0.4, -0.2) is 30.9 Å². The molecule has 0 saturated carbocycles. The number of carbonyl (C=O) groups excluding carboxylic acids is 2. The van der Waals surface area contributed by atoms with Gasteiger partial charge in [-0.3, -0.25) is 9.59 Å². The van der Waals surface area contributed by atoms with Crippen molar-refractivity contribution in [2.75, 3.05) is 13.1 Å². The van der Waals surface area contributed by atoms with Gasteiger partial charge in [0.15, 0.2) is 0 Å². The second-order valence-corrected chi connectivity index (χ2v) is 4.13. The van der Waals surface area contributed by atoms with Crippen molar-refractivity contribution in [1.82, 2.24) is 10.6 Å². The van der Waals surface area contributed by atoms with Crippen molar-refractivity contribution in [3.8, 4) is 0 Å². The van der Waals surface area contributed by atoms with E-state index in [2.05, 4.69) is 10.6 Å². The molecule has 0 aliphatic heterocycles. The first kappa shape index (κ1) is 14.9. The van der Waals surface area contributed by atoms with E-state index in [0.717, 1.165) is 6.42 Å². The van der Waals surface area contributed by atoms with Crippen LogP contribution in [0.15, 0.2) is 0 Å². The van der Waals surface area contributed by atoms with E-state index >= 15 is 0 Å². The third-order valence-electron chi connectivity index (χ3n) is 2.48. The standard InChI is InChI=1S/C11H23N3O2/c1-4-9(3)14-10(15)5-6-13-7-8(2)11(12)16/h8-9,13H,4-7H2,1-3H3,(H2,12,16)(H,14,15). The lowest BCUT2D eigenvalue weighted by atomic mass is 10.2. The van der Waals surface area contributed by atoms with Crippen LogP contribution in [0.25, 0.3) is 0 Å². The molecule has 16 heavy (non-hydrogen) atoms. The summed E-state index contributed by atoms with van der Waals surface area (Å²) in [4.78, 5) is 22.1. The van der Waals surface area contributed by atoms with Gasteiger partial charge >= 0.3 is 0 Å². The van der Waals surface area contributed by atoms with Crippen LogP contribution in [0.1, 0.15) is 33.6 Å².